The second-order valence-corrected chi connectivity index (χ2v) is 5.73. The van der Waals surface area contributed by atoms with Crippen LogP contribution in [0.3, 0.4) is 0 Å². The fourth-order valence-corrected chi connectivity index (χ4v) is 2.48. The maximum atomic E-state index is 11.4. The lowest BCUT2D eigenvalue weighted by Gasteiger charge is -2.17. The number of carbonyl (C=O) groups is 1. The highest BCUT2D eigenvalue weighted by Crippen LogP contribution is 2.22. The molecular formula is C17H20N8O2. The number of benzene rings is 1. The lowest BCUT2D eigenvalue weighted by Crippen LogP contribution is -2.25. The molecule has 0 radical (unpaired) electrons. The van der Waals surface area contributed by atoms with Crippen LogP contribution in [-0.2, 0) is 24.8 Å². The first-order chi connectivity index (χ1) is 13.1. The summed E-state index contributed by atoms with van der Waals surface area (Å²) < 4.78 is 7.14. The van der Waals surface area contributed by atoms with E-state index in [2.05, 4.69) is 42.9 Å². The summed E-state index contributed by atoms with van der Waals surface area (Å²) in [4.78, 5) is 11.4. The minimum absolute atomic E-state index is 0.266. The van der Waals surface area contributed by atoms with Gasteiger partial charge in [-0.15, -0.1) is 15.3 Å². The summed E-state index contributed by atoms with van der Waals surface area (Å²) in [7, 11) is 1.77. The summed E-state index contributed by atoms with van der Waals surface area (Å²) in [5, 5.41) is 25.7. The second kappa shape index (κ2) is 8.32. The molecule has 0 bridgehead atoms. The van der Waals surface area contributed by atoms with E-state index in [9.17, 15) is 4.79 Å². The number of rotatable bonds is 8. The Labute approximate surface area is 155 Å². The number of carbonyl (C=O) groups excluding carboxylic acids is 1. The van der Waals surface area contributed by atoms with Crippen LogP contribution in [0.4, 0.5) is 5.69 Å². The summed E-state index contributed by atoms with van der Waals surface area (Å²) in [6, 6.07) is 7.08. The predicted octanol–water partition coefficient (Wildman–Crippen LogP) is 1.16. The van der Waals surface area contributed by atoms with Crippen LogP contribution in [0, 0.1) is 0 Å². The van der Waals surface area contributed by atoms with Gasteiger partial charge in [-0.25, -0.2) is 4.68 Å². The molecule has 3 aromatic rings. The predicted molar refractivity (Wildman–Crippen MR) is 96.4 cm³/mol. The molecule has 1 aromatic carbocycles. The van der Waals surface area contributed by atoms with Crippen molar-refractivity contribution < 1.29 is 9.21 Å². The van der Waals surface area contributed by atoms with Crippen molar-refractivity contribution in [3.63, 3.8) is 0 Å². The zero-order valence-electron chi connectivity index (χ0n) is 15.1. The molecule has 0 aliphatic heterocycles. The summed E-state index contributed by atoms with van der Waals surface area (Å²) in [5.74, 6) is 1.44. The van der Waals surface area contributed by atoms with Crippen molar-refractivity contribution >= 4 is 11.6 Å². The highest BCUT2D eigenvalue weighted by molar-refractivity contribution is 5.98. The van der Waals surface area contributed by atoms with E-state index in [1.165, 1.54) is 6.08 Å². The molecule has 1 atom stereocenters. The normalized spacial score (nSPS) is 11.9. The highest BCUT2D eigenvalue weighted by Gasteiger charge is 2.20. The van der Waals surface area contributed by atoms with E-state index in [1.807, 2.05) is 19.1 Å². The Morgan fingerprint density at radius 2 is 2.00 bits per heavy atom. The van der Waals surface area contributed by atoms with Crippen molar-refractivity contribution in [1.82, 2.24) is 35.7 Å². The Bertz CT molecular complexity index is 915. The fourth-order valence-electron chi connectivity index (χ4n) is 2.48. The topological polar surface area (TPSA) is 124 Å². The molecule has 3 rings (SSSR count). The van der Waals surface area contributed by atoms with Crippen molar-refractivity contribution in [3.05, 3.63) is 60.1 Å². The number of tetrazole rings is 1. The Balaban J connectivity index is 1.80. The monoisotopic (exact) mass is 368 g/mol. The summed E-state index contributed by atoms with van der Waals surface area (Å²) in [6.45, 7) is 5.75. The summed E-state index contributed by atoms with van der Waals surface area (Å²) in [5.41, 5.74) is 1.59. The SMILES string of the molecule is C=CC(=O)Nc1ccc(C(NCc2nnc(CC)o2)c2nnnn2C)cc1. The smallest absolute Gasteiger partial charge is 0.247 e. The minimum Gasteiger partial charge on any atom is -0.424 e. The number of aryl methyl sites for hydroxylation is 2. The van der Waals surface area contributed by atoms with Gasteiger partial charge in [-0.3, -0.25) is 10.1 Å². The molecule has 0 saturated heterocycles. The number of anilines is 1. The molecule has 2 aromatic heterocycles. The minimum atomic E-state index is -0.300. The average molecular weight is 368 g/mol. The first-order valence-corrected chi connectivity index (χ1v) is 8.41. The van der Waals surface area contributed by atoms with Crippen LogP contribution < -0.4 is 10.6 Å². The van der Waals surface area contributed by atoms with Crippen LogP contribution in [0.5, 0.6) is 0 Å². The standard InChI is InChI=1S/C17H20N8O2/c1-4-13(26)19-12-8-6-11(7-9-12)16(17-22-23-24-25(17)3)18-10-15-21-20-14(5-2)27-15/h4,6-9,16,18H,1,5,10H2,2-3H3,(H,19,26). The number of aromatic nitrogens is 6. The number of hydrogen-bond acceptors (Lipinski definition) is 8. The first kappa shape index (κ1) is 18.4. The van der Waals surface area contributed by atoms with Gasteiger partial charge in [0.15, 0.2) is 5.82 Å². The van der Waals surface area contributed by atoms with Gasteiger partial charge in [-0.2, -0.15) is 0 Å². The van der Waals surface area contributed by atoms with Crippen molar-refractivity contribution in [2.45, 2.75) is 25.9 Å². The van der Waals surface area contributed by atoms with E-state index in [-0.39, 0.29) is 11.9 Å². The van der Waals surface area contributed by atoms with Gasteiger partial charge in [0.1, 0.15) is 0 Å². The molecule has 0 fully saturated rings. The van der Waals surface area contributed by atoms with Gasteiger partial charge in [0.25, 0.3) is 0 Å². The lowest BCUT2D eigenvalue weighted by atomic mass is 10.1. The molecule has 27 heavy (non-hydrogen) atoms. The highest BCUT2D eigenvalue weighted by atomic mass is 16.4. The summed E-state index contributed by atoms with van der Waals surface area (Å²) in [6.07, 6.45) is 1.90. The quantitative estimate of drug-likeness (QED) is 0.568. The maximum Gasteiger partial charge on any atom is 0.247 e. The van der Waals surface area contributed by atoms with Gasteiger partial charge in [0, 0.05) is 19.2 Å². The fraction of sp³-hybridized carbons (Fsp3) is 0.294. The van der Waals surface area contributed by atoms with Gasteiger partial charge in [0.2, 0.25) is 17.7 Å². The van der Waals surface area contributed by atoms with Crippen molar-refractivity contribution in [2.24, 2.45) is 7.05 Å². The van der Waals surface area contributed by atoms with E-state index in [0.717, 1.165) is 5.56 Å². The maximum absolute atomic E-state index is 11.4. The molecule has 0 aliphatic rings. The number of nitrogens with zero attached hydrogens (tertiary/aromatic N) is 6. The van der Waals surface area contributed by atoms with Gasteiger partial charge in [-0.1, -0.05) is 25.6 Å². The molecule has 2 N–H and O–H groups in total. The van der Waals surface area contributed by atoms with Gasteiger partial charge >= 0.3 is 0 Å². The Kier molecular flexibility index (Phi) is 5.67. The Morgan fingerprint density at radius 3 is 2.59 bits per heavy atom. The van der Waals surface area contributed by atoms with Gasteiger partial charge in [0.05, 0.1) is 12.6 Å². The molecule has 10 nitrogen and oxygen atoms in total. The molecule has 2 heterocycles. The number of nitrogens with one attached hydrogen (secondary N) is 2. The Morgan fingerprint density at radius 1 is 1.26 bits per heavy atom. The zero-order chi connectivity index (χ0) is 19.2. The molecule has 1 amide bonds. The number of hydrogen-bond donors (Lipinski definition) is 2. The lowest BCUT2D eigenvalue weighted by molar-refractivity contribution is -0.111. The zero-order valence-corrected chi connectivity index (χ0v) is 15.1. The van der Waals surface area contributed by atoms with Crippen LogP contribution in [0.25, 0.3) is 0 Å². The van der Waals surface area contributed by atoms with Crippen LogP contribution >= 0.6 is 0 Å². The third-order valence-corrected chi connectivity index (χ3v) is 3.88. The molecular weight excluding hydrogens is 348 g/mol. The second-order valence-electron chi connectivity index (χ2n) is 5.73. The molecule has 1 unspecified atom stereocenters. The molecule has 0 saturated carbocycles. The van der Waals surface area contributed by atoms with E-state index >= 15 is 0 Å². The van der Waals surface area contributed by atoms with Crippen molar-refractivity contribution in [2.75, 3.05) is 5.32 Å². The van der Waals surface area contributed by atoms with E-state index in [0.29, 0.717) is 36.3 Å². The van der Waals surface area contributed by atoms with Gasteiger partial charge in [-0.05, 0) is 34.2 Å². The molecule has 10 heteroatoms. The van der Waals surface area contributed by atoms with E-state index < -0.39 is 0 Å². The van der Waals surface area contributed by atoms with Crippen LogP contribution in [-0.4, -0.2) is 36.3 Å². The number of amides is 1. The molecule has 0 spiro atoms. The largest absolute Gasteiger partial charge is 0.424 e. The molecule has 0 aliphatic carbocycles. The van der Waals surface area contributed by atoms with Crippen LogP contribution in [0.1, 0.15) is 36.1 Å². The third kappa shape index (κ3) is 4.42. The van der Waals surface area contributed by atoms with Crippen molar-refractivity contribution in [3.8, 4) is 0 Å². The van der Waals surface area contributed by atoms with E-state index in [1.54, 1.807) is 23.9 Å². The summed E-state index contributed by atoms with van der Waals surface area (Å²) >= 11 is 0. The van der Waals surface area contributed by atoms with E-state index in [4.69, 9.17) is 4.42 Å². The van der Waals surface area contributed by atoms with Crippen LogP contribution in [0.15, 0.2) is 41.3 Å². The first-order valence-electron chi connectivity index (χ1n) is 8.41. The third-order valence-electron chi connectivity index (χ3n) is 3.88. The van der Waals surface area contributed by atoms with Crippen molar-refractivity contribution in [1.29, 1.82) is 0 Å². The van der Waals surface area contributed by atoms with Crippen LogP contribution in [0.2, 0.25) is 0 Å². The van der Waals surface area contributed by atoms with Gasteiger partial charge < -0.3 is 9.73 Å². The average Bonchev–Trinajstić information content (AvgIpc) is 3.32. The Hall–Kier alpha value is -3.40. The molecule has 140 valence electrons.